The highest BCUT2D eigenvalue weighted by Crippen LogP contribution is 2.04. The quantitative estimate of drug-likeness (QED) is 0.367. The molecular formula is C7H7F2NO2. The number of ether oxygens (including phenoxy) is 1. The van der Waals surface area contributed by atoms with Gasteiger partial charge in [-0.15, -0.1) is 0 Å². The Morgan fingerprint density at radius 3 is 2.67 bits per heavy atom. The van der Waals surface area contributed by atoms with Gasteiger partial charge in [0.1, 0.15) is 17.9 Å². The maximum atomic E-state index is 11.7. The number of carbonyl (C=O) groups is 1. The summed E-state index contributed by atoms with van der Waals surface area (Å²) in [6, 6.07) is 1.32. The third-order valence-electron chi connectivity index (χ3n) is 0.952. The van der Waals surface area contributed by atoms with E-state index in [1.807, 2.05) is 0 Å². The summed E-state index contributed by atoms with van der Waals surface area (Å²) >= 11 is 0. The molecule has 0 amide bonds. The van der Waals surface area contributed by atoms with E-state index < -0.39 is 17.8 Å². The predicted molar refractivity (Wildman–Crippen MR) is 36.3 cm³/mol. The number of Topliss-reactive ketones (excluding diaryl/α,β-unsaturated/α-hetero) is 1. The maximum absolute atomic E-state index is 11.7. The van der Waals surface area contributed by atoms with Gasteiger partial charge < -0.3 is 4.74 Å². The Labute approximate surface area is 68.2 Å². The second-order valence-electron chi connectivity index (χ2n) is 1.76. The van der Waals surface area contributed by atoms with Crippen molar-refractivity contribution in [2.75, 3.05) is 6.61 Å². The molecule has 12 heavy (non-hydrogen) atoms. The molecule has 0 unspecified atom stereocenters. The van der Waals surface area contributed by atoms with Crippen molar-refractivity contribution in [1.29, 1.82) is 5.26 Å². The van der Waals surface area contributed by atoms with Crippen molar-refractivity contribution in [1.82, 2.24) is 0 Å². The summed E-state index contributed by atoms with van der Waals surface area (Å²) in [5, 5.41) is 8.22. The minimum Gasteiger partial charge on any atom is -0.500 e. The molecule has 0 saturated heterocycles. The van der Waals surface area contributed by atoms with Crippen molar-refractivity contribution >= 4 is 5.78 Å². The number of alkyl halides is 2. The molecule has 0 aliphatic carbocycles. The number of carbonyl (C=O) groups excluding carboxylic acids is 1. The minimum absolute atomic E-state index is 0.224. The van der Waals surface area contributed by atoms with Crippen LogP contribution in [0.25, 0.3) is 0 Å². The first-order valence-electron chi connectivity index (χ1n) is 3.17. The Bertz CT molecular complexity index is 230. The van der Waals surface area contributed by atoms with Crippen LogP contribution in [0.5, 0.6) is 0 Å². The van der Waals surface area contributed by atoms with Crippen molar-refractivity contribution in [3.8, 4) is 6.07 Å². The maximum Gasteiger partial charge on any atom is 0.301 e. The molecule has 0 heterocycles. The van der Waals surface area contributed by atoms with Gasteiger partial charge in [0.15, 0.2) is 0 Å². The monoisotopic (exact) mass is 175 g/mol. The highest BCUT2D eigenvalue weighted by atomic mass is 19.3. The van der Waals surface area contributed by atoms with Crippen molar-refractivity contribution < 1.29 is 18.3 Å². The fourth-order valence-corrected chi connectivity index (χ4v) is 0.424. The molecule has 0 bridgehead atoms. The molecule has 0 fully saturated rings. The van der Waals surface area contributed by atoms with Gasteiger partial charge in [0.25, 0.3) is 0 Å². The van der Waals surface area contributed by atoms with E-state index in [0.29, 0.717) is 0 Å². The zero-order valence-corrected chi connectivity index (χ0v) is 6.38. The molecule has 0 saturated carbocycles. The predicted octanol–water partition coefficient (Wildman–Crippen LogP) is 1.26. The summed E-state index contributed by atoms with van der Waals surface area (Å²) in [7, 11) is 0. The van der Waals surface area contributed by atoms with Crippen LogP contribution in [-0.4, -0.2) is 18.8 Å². The normalized spacial score (nSPS) is 11.1. The van der Waals surface area contributed by atoms with Crippen LogP contribution in [0.15, 0.2) is 11.8 Å². The zero-order chi connectivity index (χ0) is 9.56. The molecule has 66 valence electrons. The first kappa shape index (κ1) is 10.6. The summed E-state index contributed by atoms with van der Waals surface area (Å²) < 4.78 is 27.9. The molecule has 0 aliphatic heterocycles. The van der Waals surface area contributed by atoms with Crippen LogP contribution in [0.4, 0.5) is 8.78 Å². The van der Waals surface area contributed by atoms with Gasteiger partial charge in [-0.2, -0.15) is 5.26 Å². The molecule has 0 aromatic rings. The van der Waals surface area contributed by atoms with Crippen molar-refractivity contribution in [2.24, 2.45) is 0 Å². The molecule has 0 spiro atoms. The fourth-order valence-electron chi connectivity index (χ4n) is 0.424. The molecule has 0 aromatic heterocycles. The van der Waals surface area contributed by atoms with E-state index in [2.05, 4.69) is 4.74 Å². The average Bonchev–Trinajstić information content (AvgIpc) is 2.05. The lowest BCUT2D eigenvalue weighted by Gasteiger charge is -1.96. The highest BCUT2D eigenvalue weighted by Gasteiger charge is 2.20. The topological polar surface area (TPSA) is 50.1 Å². The van der Waals surface area contributed by atoms with Gasteiger partial charge in [-0.05, 0) is 6.92 Å². The number of rotatable bonds is 4. The number of hydrogen-bond acceptors (Lipinski definition) is 3. The van der Waals surface area contributed by atoms with E-state index >= 15 is 0 Å². The Morgan fingerprint density at radius 1 is 1.75 bits per heavy atom. The van der Waals surface area contributed by atoms with Gasteiger partial charge in [0, 0.05) is 0 Å². The standard InChI is InChI=1S/C7H7F2NO2/c1-2-12-4-5(3-10)6(11)7(8)9/h4,7H,2H2,1H3. The summed E-state index contributed by atoms with van der Waals surface area (Å²) in [6.45, 7) is 1.83. The van der Waals surface area contributed by atoms with Gasteiger partial charge in [0.05, 0.1) is 6.61 Å². The first-order chi connectivity index (χ1) is 5.63. The lowest BCUT2D eigenvalue weighted by molar-refractivity contribution is -0.125. The largest absolute Gasteiger partial charge is 0.500 e. The number of hydrogen-bond donors (Lipinski definition) is 0. The van der Waals surface area contributed by atoms with Gasteiger partial charge in [-0.1, -0.05) is 0 Å². The van der Waals surface area contributed by atoms with Crippen LogP contribution < -0.4 is 0 Å². The summed E-state index contributed by atoms with van der Waals surface area (Å²) in [4.78, 5) is 10.5. The van der Waals surface area contributed by atoms with E-state index in [-0.39, 0.29) is 6.61 Å². The molecule has 0 rings (SSSR count). The summed E-state index contributed by atoms with van der Waals surface area (Å²) in [5.74, 6) is -1.51. The lowest BCUT2D eigenvalue weighted by atomic mass is 10.2. The van der Waals surface area contributed by atoms with E-state index in [4.69, 9.17) is 5.26 Å². The number of nitrogens with zero attached hydrogens (tertiary/aromatic N) is 1. The Kier molecular flexibility index (Phi) is 4.61. The van der Waals surface area contributed by atoms with Crippen LogP contribution >= 0.6 is 0 Å². The Hall–Kier alpha value is -1.44. The van der Waals surface area contributed by atoms with Gasteiger partial charge in [0.2, 0.25) is 5.78 Å². The number of nitriles is 1. The minimum atomic E-state index is -3.16. The van der Waals surface area contributed by atoms with Crippen LogP contribution in [0, 0.1) is 11.3 Å². The molecular weight excluding hydrogens is 168 g/mol. The van der Waals surface area contributed by atoms with Gasteiger partial charge >= 0.3 is 6.43 Å². The Balaban J connectivity index is 4.37. The zero-order valence-electron chi connectivity index (χ0n) is 6.38. The summed E-state index contributed by atoms with van der Waals surface area (Å²) in [5.41, 5.74) is -0.660. The molecule has 0 aliphatic rings. The van der Waals surface area contributed by atoms with Crippen molar-refractivity contribution in [2.45, 2.75) is 13.3 Å². The van der Waals surface area contributed by atoms with Crippen molar-refractivity contribution in [3.05, 3.63) is 11.8 Å². The van der Waals surface area contributed by atoms with Gasteiger partial charge in [-0.25, -0.2) is 8.78 Å². The summed E-state index contributed by atoms with van der Waals surface area (Å²) in [6.07, 6.45) is -2.41. The Morgan fingerprint density at radius 2 is 2.33 bits per heavy atom. The number of halogens is 2. The molecule has 5 heteroatoms. The number of allylic oxidation sites excluding steroid dienone is 1. The molecule has 3 nitrogen and oxygen atoms in total. The van der Waals surface area contributed by atoms with E-state index in [9.17, 15) is 13.6 Å². The smallest absolute Gasteiger partial charge is 0.301 e. The fraction of sp³-hybridized carbons (Fsp3) is 0.429. The van der Waals surface area contributed by atoms with E-state index in [0.717, 1.165) is 6.26 Å². The van der Waals surface area contributed by atoms with Gasteiger partial charge in [-0.3, -0.25) is 4.79 Å². The van der Waals surface area contributed by atoms with E-state index in [1.54, 1.807) is 6.92 Å². The molecule has 0 radical (unpaired) electrons. The van der Waals surface area contributed by atoms with Crippen LogP contribution in [0.3, 0.4) is 0 Å². The third-order valence-corrected chi connectivity index (χ3v) is 0.952. The third kappa shape index (κ3) is 3.10. The first-order valence-corrected chi connectivity index (χ1v) is 3.17. The van der Waals surface area contributed by atoms with Crippen LogP contribution in [0.2, 0.25) is 0 Å². The van der Waals surface area contributed by atoms with E-state index in [1.165, 1.54) is 6.07 Å². The molecule has 0 N–H and O–H groups in total. The lowest BCUT2D eigenvalue weighted by Crippen LogP contribution is -2.12. The second kappa shape index (κ2) is 5.24. The molecule has 0 atom stereocenters. The molecule has 0 aromatic carbocycles. The average molecular weight is 175 g/mol. The van der Waals surface area contributed by atoms with Crippen LogP contribution in [0.1, 0.15) is 6.92 Å². The van der Waals surface area contributed by atoms with Crippen LogP contribution in [-0.2, 0) is 9.53 Å². The number of ketones is 1. The SMILES string of the molecule is CCOC=C(C#N)C(=O)C(F)F. The second-order valence-corrected chi connectivity index (χ2v) is 1.76. The highest BCUT2D eigenvalue weighted by molar-refractivity contribution is 6.00. The van der Waals surface area contributed by atoms with Crippen molar-refractivity contribution in [3.63, 3.8) is 0 Å².